The summed E-state index contributed by atoms with van der Waals surface area (Å²) < 4.78 is 7.16. The molecule has 0 amide bonds. The highest BCUT2D eigenvalue weighted by Gasteiger charge is 2.00. The van der Waals surface area contributed by atoms with Crippen LogP contribution in [-0.4, -0.2) is 28.4 Å². The van der Waals surface area contributed by atoms with Crippen molar-refractivity contribution in [3.05, 3.63) is 41.3 Å². The van der Waals surface area contributed by atoms with Crippen molar-refractivity contribution in [2.45, 2.75) is 33.4 Å². The van der Waals surface area contributed by atoms with Crippen molar-refractivity contribution in [3.8, 4) is 5.88 Å². The minimum Gasteiger partial charge on any atom is -0.481 e. The maximum atomic E-state index is 5.11. The van der Waals surface area contributed by atoms with E-state index in [0.29, 0.717) is 5.88 Å². The van der Waals surface area contributed by atoms with Crippen LogP contribution in [0.25, 0.3) is 0 Å². The molecule has 0 aliphatic heterocycles. The zero-order chi connectivity index (χ0) is 14.4. The van der Waals surface area contributed by atoms with Gasteiger partial charge in [-0.3, -0.25) is 4.68 Å². The summed E-state index contributed by atoms with van der Waals surface area (Å²) in [5, 5.41) is 7.84. The lowest BCUT2D eigenvalue weighted by molar-refractivity contribution is 0.395. The molecule has 2 aromatic rings. The molecule has 0 radical (unpaired) electrons. The molecule has 2 heterocycles. The molecule has 0 aromatic carbocycles. The molecular formula is C15H22N4O. The van der Waals surface area contributed by atoms with E-state index < -0.39 is 0 Å². The third kappa shape index (κ3) is 4.06. The predicted molar refractivity (Wildman–Crippen MR) is 78.8 cm³/mol. The van der Waals surface area contributed by atoms with Crippen LogP contribution in [0.4, 0.5) is 0 Å². The zero-order valence-electron chi connectivity index (χ0n) is 12.4. The molecular weight excluding hydrogens is 252 g/mol. The summed E-state index contributed by atoms with van der Waals surface area (Å²) in [6.45, 7) is 6.76. The average molecular weight is 274 g/mol. The Balaban J connectivity index is 1.70. The maximum absolute atomic E-state index is 5.11. The molecule has 1 N–H and O–H groups in total. The fourth-order valence-corrected chi connectivity index (χ4v) is 2.14. The summed E-state index contributed by atoms with van der Waals surface area (Å²) in [7, 11) is 1.63. The van der Waals surface area contributed by atoms with Crippen LogP contribution in [0.3, 0.4) is 0 Å². The summed E-state index contributed by atoms with van der Waals surface area (Å²) >= 11 is 0. The van der Waals surface area contributed by atoms with Crippen molar-refractivity contribution >= 4 is 0 Å². The van der Waals surface area contributed by atoms with E-state index in [-0.39, 0.29) is 0 Å². The largest absolute Gasteiger partial charge is 0.481 e. The molecule has 0 atom stereocenters. The van der Waals surface area contributed by atoms with Crippen molar-refractivity contribution < 1.29 is 4.74 Å². The maximum Gasteiger partial charge on any atom is 0.213 e. The van der Waals surface area contributed by atoms with Crippen LogP contribution >= 0.6 is 0 Å². The van der Waals surface area contributed by atoms with Gasteiger partial charge in [0.05, 0.1) is 18.5 Å². The number of pyridine rings is 1. The highest BCUT2D eigenvalue weighted by Crippen LogP contribution is 2.06. The van der Waals surface area contributed by atoms with Crippen LogP contribution in [0.15, 0.2) is 24.3 Å². The number of hydrogen-bond donors (Lipinski definition) is 1. The number of aromatic nitrogens is 3. The third-order valence-corrected chi connectivity index (χ3v) is 3.12. The number of methoxy groups -OCH3 is 1. The molecule has 2 aromatic heterocycles. The van der Waals surface area contributed by atoms with Gasteiger partial charge < -0.3 is 10.1 Å². The molecule has 20 heavy (non-hydrogen) atoms. The lowest BCUT2D eigenvalue weighted by Gasteiger charge is -2.07. The van der Waals surface area contributed by atoms with Gasteiger partial charge in [-0.1, -0.05) is 6.07 Å². The summed E-state index contributed by atoms with van der Waals surface area (Å²) in [5.74, 6) is 0.659. The predicted octanol–water partition coefficient (Wildman–Crippen LogP) is 2.08. The van der Waals surface area contributed by atoms with Crippen molar-refractivity contribution in [3.63, 3.8) is 0 Å². The van der Waals surface area contributed by atoms with Gasteiger partial charge in [-0.25, -0.2) is 4.98 Å². The first-order chi connectivity index (χ1) is 9.69. The van der Waals surface area contributed by atoms with Gasteiger partial charge in [-0.05, 0) is 38.9 Å². The summed E-state index contributed by atoms with van der Waals surface area (Å²) in [6.07, 6.45) is 1.05. The van der Waals surface area contributed by atoms with E-state index in [9.17, 15) is 0 Å². The minimum absolute atomic E-state index is 0.659. The summed E-state index contributed by atoms with van der Waals surface area (Å²) in [4.78, 5) is 4.36. The van der Waals surface area contributed by atoms with Crippen molar-refractivity contribution in [1.29, 1.82) is 0 Å². The first kappa shape index (κ1) is 14.5. The Morgan fingerprint density at radius 1 is 1.30 bits per heavy atom. The molecule has 0 aliphatic rings. The smallest absolute Gasteiger partial charge is 0.213 e. The highest BCUT2D eigenvalue weighted by atomic mass is 16.5. The van der Waals surface area contributed by atoms with Crippen molar-refractivity contribution in [2.24, 2.45) is 0 Å². The van der Waals surface area contributed by atoms with Gasteiger partial charge in [-0.15, -0.1) is 0 Å². The summed E-state index contributed by atoms with van der Waals surface area (Å²) in [6, 6.07) is 7.91. The lowest BCUT2D eigenvalue weighted by atomic mass is 10.3. The number of ether oxygens (including phenoxy) is 1. The Kier molecular flexibility index (Phi) is 5.12. The van der Waals surface area contributed by atoms with Gasteiger partial charge in [0.2, 0.25) is 5.88 Å². The Morgan fingerprint density at radius 3 is 2.85 bits per heavy atom. The molecule has 0 bridgehead atoms. The van der Waals surface area contributed by atoms with E-state index in [4.69, 9.17) is 4.74 Å². The molecule has 2 rings (SSSR count). The van der Waals surface area contributed by atoms with Gasteiger partial charge in [-0.2, -0.15) is 5.10 Å². The second-order valence-electron chi connectivity index (χ2n) is 4.85. The van der Waals surface area contributed by atoms with Crippen LogP contribution in [0.5, 0.6) is 5.88 Å². The van der Waals surface area contributed by atoms with Crippen LogP contribution in [0, 0.1) is 13.8 Å². The van der Waals surface area contributed by atoms with Gasteiger partial charge in [0.15, 0.2) is 0 Å². The number of rotatable bonds is 7. The highest BCUT2D eigenvalue weighted by molar-refractivity contribution is 5.15. The number of hydrogen-bond acceptors (Lipinski definition) is 4. The fourth-order valence-electron chi connectivity index (χ4n) is 2.14. The van der Waals surface area contributed by atoms with E-state index in [0.717, 1.165) is 37.4 Å². The first-order valence-electron chi connectivity index (χ1n) is 6.91. The normalized spacial score (nSPS) is 10.8. The van der Waals surface area contributed by atoms with Gasteiger partial charge in [0.25, 0.3) is 0 Å². The molecule has 0 unspecified atom stereocenters. The minimum atomic E-state index is 0.659. The van der Waals surface area contributed by atoms with Gasteiger partial charge >= 0.3 is 0 Å². The molecule has 0 saturated heterocycles. The van der Waals surface area contributed by atoms with Gasteiger partial charge in [0.1, 0.15) is 0 Å². The number of aryl methyl sites for hydroxylation is 3. The van der Waals surface area contributed by atoms with Crippen LogP contribution in [0.1, 0.15) is 23.5 Å². The van der Waals surface area contributed by atoms with E-state index in [1.807, 2.05) is 25.1 Å². The SMILES string of the molecule is COc1cccc(CNCCCn2nc(C)cc2C)n1. The number of nitrogens with one attached hydrogen (secondary N) is 1. The topological polar surface area (TPSA) is 52.0 Å². The Labute approximate surface area is 120 Å². The third-order valence-electron chi connectivity index (χ3n) is 3.12. The molecule has 0 saturated carbocycles. The van der Waals surface area contributed by atoms with E-state index >= 15 is 0 Å². The lowest BCUT2D eigenvalue weighted by Crippen LogP contribution is -2.18. The van der Waals surface area contributed by atoms with Gasteiger partial charge in [0, 0.05) is 24.8 Å². The Bertz CT molecular complexity index is 551. The van der Waals surface area contributed by atoms with E-state index in [1.54, 1.807) is 7.11 Å². The van der Waals surface area contributed by atoms with E-state index in [1.165, 1.54) is 5.69 Å². The van der Waals surface area contributed by atoms with Crippen molar-refractivity contribution in [2.75, 3.05) is 13.7 Å². The Hall–Kier alpha value is -1.88. The summed E-state index contributed by atoms with van der Waals surface area (Å²) in [5.41, 5.74) is 3.29. The van der Waals surface area contributed by atoms with Crippen LogP contribution in [-0.2, 0) is 13.1 Å². The second-order valence-corrected chi connectivity index (χ2v) is 4.85. The Morgan fingerprint density at radius 2 is 2.15 bits per heavy atom. The molecule has 5 nitrogen and oxygen atoms in total. The molecule has 5 heteroatoms. The first-order valence-corrected chi connectivity index (χ1v) is 6.91. The average Bonchev–Trinajstić information content (AvgIpc) is 2.77. The van der Waals surface area contributed by atoms with Crippen LogP contribution < -0.4 is 10.1 Å². The molecule has 0 fully saturated rings. The quantitative estimate of drug-likeness (QED) is 0.785. The zero-order valence-corrected chi connectivity index (χ0v) is 12.4. The molecule has 0 spiro atoms. The standard InChI is InChI=1S/C15H22N4O/c1-12-10-13(2)19(18-12)9-5-8-16-11-14-6-4-7-15(17-14)20-3/h4,6-7,10,16H,5,8-9,11H2,1-3H3. The molecule has 108 valence electrons. The van der Waals surface area contributed by atoms with Crippen LogP contribution in [0.2, 0.25) is 0 Å². The van der Waals surface area contributed by atoms with E-state index in [2.05, 4.69) is 33.1 Å². The number of nitrogens with zero attached hydrogens (tertiary/aromatic N) is 3. The fraction of sp³-hybridized carbons (Fsp3) is 0.467. The van der Waals surface area contributed by atoms with Crippen molar-refractivity contribution in [1.82, 2.24) is 20.1 Å². The second kappa shape index (κ2) is 7.05. The molecule has 0 aliphatic carbocycles. The monoisotopic (exact) mass is 274 g/mol.